The summed E-state index contributed by atoms with van der Waals surface area (Å²) in [7, 11) is 0. The molecule has 3 aromatic carbocycles. The highest BCUT2D eigenvalue weighted by atomic mass is 19.1. The van der Waals surface area contributed by atoms with E-state index >= 15 is 0 Å². The van der Waals surface area contributed by atoms with Gasteiger partial charge in [0.15, 0.2) is 5.43 Å². The van der Waals surface area contributed by atoms with Crippen molar-refractivity contribution in [3.05, 3.63) is 105 Å². The zero-order valence-electron chi connectivity index (χ0n) is 15.9. The molecule has 0 aliphatic carbocycles. The number of benzene rings is 3. The Labute approximate surface area is 170 Å². The molecule has 1 N–H and O–H groups in total. The first-order valence-corrected chi connectivity index (χ1v) is 9.39. The van der Waals surface area contributed by atoms with Gasteiger partial charge in [-0.1, -0.05) is 29.8 Å². The van der Waals surface area contributed by atoms with Gasteiger partial charge in [0, 0.05) is 5.69 Å². The summed E-state index contributed by atoms with van der Waals surface area (Å²) in [6, 6.07) is 16.5. The number of halogens is 1. The van der Waals surface area contributed by atoms with Gasteiger partial charge in [0.2, 0.25) is 5.76 Å². The van der Waals surface area contributed by atoms with Crippen molar-refractivity contribution in [2.45, 2.75) is 13.0 Å². The molecule has 6 heteroatoms. The lowest BCUT2D eigenvalue weighted by molar-refractivity contribution is 0.0971. The number of phenols is 1. The molecule has 0 radical (unpaired) electrons. The van der Waals surface area contributed by atoms with E-state index in [4.69, 9.17) is 4.42 Å². The zero-order chi connectivity index (χ0) is 21.0. The minimum Gasteiger partial charge on any atom is -0.508 e. The van der Waals surface area contributed by atoms with E-state index in [2.05, 4.69) is 0 Å². The summed E-state index contributed by atoms with van der Waals surface area (Å²) in [4.78, 5) is 28.2. The maximum atomic E-state index is 13.8. The number of fused-ring (bicyclic) bond motifs is 2. The first-order chi connectivity index (χ1) is 14.4. The fourth-order valence-corrected chi connectivity index (χ4v) is 3.89. The molecule has 148 valence electrons. The number of aromatic hydroxyl groups is 1. The second kappa shape index (κ2) is 6.56. The maximum Gasteiger partial charge on any atom is 0.295 e. The number of rotatable bonds is 2. The lowest BCUT2D eigenvalue weighted by atomic mass is 9.98. The summed E-state index contributed by atoms with van der Waals surface area (Å²) in [5, 5.41) is 9.76. The van der Waals surface area contributed by atoms with E-state index in [1.54, 1.807) is 24.3 Å². The third kappa shape index (κ3) is 2.69. The fraction of sp³-hybridized carbons (Fsp3) is 0.0833. The molecule has 0 saturated carbocycles. The van der Waals surface area contributed by atoms with Gasteiger partial charge in [-0.3, -0.25) is 14.5 Å². The Hall–Kier alpha value is -3.93. The normalized spacial score (nSPS) is 15.6. The van der Waals surface area contributed by atoms with E-state index in [1.807, 2.05) is 19.1 Å². The van der Waals surface area contributed by atoms with Gasteiger partial charge in [-0.15, -0.1) is 0 Å². The van der Waals surface area contributed by atoms with Crippen LogP contribution in [-0.4, -0.2) is 11.0 Å². The van der Waals surface area contributed by atoms with Crippen molar-refractivity contribution in [1.82, 2.24) is 0 Å². The number of nitrogens with zero attached hydrogens (tertiary/aromatic N) is 1. The third-order valence-corrected chi connectivity index (χ3v) is 5.35. The Kier molecular flexibility index (Phi) is 3.96. The predicted molar refractivity (Wildman–Crippen MR) is 110 cm³/mol. The van der Waals surface area contributed by atoms with Gasteiger partial charge in [-0.25, -0.2) is 4.39 Å². The van der Waals surface area contributed by atoms with Crippen LogP contribution in [0.4, 0.5) is 10.1 Å². The Morgan fingerprint density at radius 1 is 0.967 bits per heavy atom. The molecule has 0 spiro atoms. The lowest BCUT2D eigenvalue weighted by Crippen LogP contribution is -2.29. The molecular formula is C24H16FNO4. The van der Waals surface area contributed by atoms with Crippen molar-refractivity contribution in [2.24, 2.45) is 0 Å². The number of aryl methyl sites for hydroxylation is 1. The number of anilines is 1. The van der Waals surface area contributed by atoms with Crippen molar-refractivity contribution in [2.75, 3.05) is 4.90 Å². The topological polar surface area (TPSA) is 70.8 Å². The first kappa shape index (κ1) is 18.1. The van der Waals surface area contributed by atoms with Crippen LogP contribution in [-0.2, 0) is 0 Å². The second-order valence-corrected chi connectivity index (χ2v) is 7.32. The summed E-state index contributed by atoms with van der Waals surface area (Å²) < 4.78 is 19.6. The SMILES string of the molecule is Cc1ccc(N2C(=O)c3oc4ccc(F)cc4c(=O)c3C2c2ccc(O)cc2)cc1. The second-order valence-electron chi connectivity index (χ2n) is 7.32. The monoisotopic (exact) mass is 401 g/mol. The molecule has 1 aromatic heterocycles. The van der Waals surface area contributed by atoms with Crippen LogP contribution in [0.5, 0.6) is 5.75 Å². The first-order valence-electron chi connectivity index (χ1n) is 9.39. The van der Waals surface area contributed by atoms with Crippen LogP contribution < -0.4 is 10.3 Å². The summed E-state index contributed by atoms with van der Waals surface area (Å²) in [5.41, 5.74) is 2.12. The minimum atomic E-state index is -0.764. The highest BCUT2D eigenvalue weighted by Gasteiger charge is 2.43. The van der Waals surface area contributed by atoms with Gasteiger partial charge in [0.1, 0.15) is 17.1 Å². The number of carbonyl (C=O) groups excluding carboxylic acids is 1. The molecule has 30 heavy (non-hydrogen) atoms. The van der Waals surface area contributed by atoms with Crippen LogP contribution in [0.3, 0.4) is 0 Å². The molecule has 1 aliphatic heterocycles. The quantitative estimate of drug-likeness (QED) is 0.529. The molecule has 1 unspecified atom stereocenters. The molecule has 1 aliphatic rings. The number of phenolic OH excluding ortho intramolecular Hbond substituents is 1. The summed E-state index contributed by atoms with van der Waals surface area (Å²) in [6.45, 7) is 1.94. The summed E-state index contributed by atoms with van der Waals surface area (Å²) >= 11 is 0. The van der Waals surface area contributed by atoms with Crippen LogP contribution in [0, 0.1) is 12.7 Å². The van der Waals surface area contributed by atoms with Gasteiger partial charge in [0.05, 0.1) is 17.0 Å². The van der Waals surface area contributed by atoms with Crippen LogP contribution in [0.15, 0.2) is 75.9 Å². The molecule has 5 rings (SSSR count). The van der Waals surface area contributed by atoms with Crippen molar-refractivity contribution < 1.29 is 18.7 Å². The average molecular weight is 401 g/mol. The van der Waals surface area contributed by atoms with Gasteiger partial charge >= 0.3 is 0 Å². The lowest BCUT2D eigenvalue weighted by Gasteiger charge is -2.25. The Morgan fingerprint density at radius 3 is 2.37 bits per heavy atom. The number of amides is 1. The third-order valence-electron chi connectivity index (χ3n) is 5.35. The van der Waals surface area contributed by atoms with Crippen molar-refractivity contribution in [3.8, 4) is 5.75 Å². The molecule has 0 bridgehead atoms. The molecular weight excluding hydrogens is 385 g/mol. The van der Waals surface area contributed by atoms with Crippen molar-refractivity contribution >= 4 is 22.6 Å². The van der Waals surface area contributed by atoms with E-state index in [1.165, 1.54) is 29.2 Å². The van der Waals surface area contributed by atoms with Crippen molar-refractivity contribution in [1.29, 1.82) is 0 Å². The molecule has 4 aromatic rings. The highest BCUT2D eigenvalue weighted by Crippen LogP contribution is 2.41. The largest absolute Gasteiger partial charge is 0.508 e. The van der Waals surface area contributed by atoms with Crippen LogP contribution in [0.2, 0.25) is 0 Å². The minimum absolute atomic E-state index is 0.0576. The fourth-order valence-electron chi connectivity index (χ4n) is 3.89. The van der Waals surface area contributed by atoms with Crippen LogP contribution in [0.25, 0.3) is 11.0 Å². The van der Waals surface area contributed by atoms with E-state index in [-0.39, 0.29) is 28.0 Å². The van der Waals surface area contributed by atoms with Gasteiger partial charge in [-0.05, 0) is 55.0 Å². The van der Waals surface area contributed by atoms with Crippen molar-refractivity contribution in [3.63, 3.8) is 0 Å². The Bertz CT molecular complexity index is 1360. The Morgan fingerprint density at radius 2 is 1.67 bits per heavy atom. The summed E-state index contributed by atoms with van der Waals surface area (Å²) in [5.74, 6) is -0.999. The number of hydrogen-bond acceptors (Lipinski definition) is 4. The van der Waals surface area contributed by atoms with Gasteiger partial charge < -0.3 is 9.52 Å². The molecule has 5 nitrogen and oxygen atoms in total. The van der Waals surface area contributed by atoms with E-state index in [0.717, 1.165) is 11.6 Å². The molecule has 1 amide bonds. The molecule has 0 saturated heterocycles. The summed E-state index contributed by atoms with van der Waals surface area (Å²) in [6.07, 6.45) is 0. The molecule has 2 heterocycles. The van der Waals surface area contributed by atoms with Crippen LogP contribution in [0.1, 0.15) is 33.3 Å². The van der Waals surface area contributed by atoms with E-state index in [0.29, 0.717) is 11.3 Å². The number of carbonyl (C=O) groups is 1. The number of hydrogen-bond donors (Lipinski definition) is 1. The van der Waals surface area contributed by atoms with Gasteiger partial charge in [-0.2, -0.15) is 0 Å². The van der Waals surface area contributed by atoms with Gasteiger partial charge in [0.25, 0.3) is 5.91 Å². The predicted octanol–water partition coefficient (Wildman–Crippen LogP) is 4.70. The highest BCUT2D eigenvalue weighted by molar-refractivity contribution is 6.10. The zero-order valence-corrected chi connectivity index (χ0v) is 15.9. The van der Waals surface area contributed by atoms with E-state index in [9.17, 15) is 19.1 Å². The molecule has 1 atom stereocenters. The standard InChI is InChI=1S/C24H16FNO4/c1-13-2-7-16(8-3-13)26-21(14-4-9-17(27)10-5-14)20-22(28)18-12-15(25)6-11-19(18)30-23(20)24(26)29/h2-12,21,27H,1H3. The smallest absolute Gasteiger partial charge is 0.295 e. The Balaban J connectivity index is 1.81. The maximum absolute atomic E-state index is 13.8. The van der Waals surface area contributed by atoms with Crippen LogP contribution >= 0.6 is 0 Å². The molecule has 0 fully saturated rings. The average Bonchev–Trinajstić information content (AvgIpc) is 3.03. The van der Waals surface area contributed by atoms with E-state index < -0.39 is 23.2 Å².